The molecular weight excluding hydrogens is 292 g/mol. The Morgan fingerprint density at radius 2 is 2.26 bits per heavy atom. The van der Waals surface area contributed by atoms with Crippen LogP contribution >= 0.6 is 0 Å². The van der Waals surface area contributed by atoms with Crippen LogP contribution < -0.4 is 5.73 Å². The number of piperidine rings is 1. The van der Waals surface area contributed by atoms with Crippen LogP contribution in [0.1, 0.15) is 54.7 Å². The van der Waals surface area contributed by atoms with Crippen molar-refractivity contribution in [3.8, 4) is 0 Å². The van der Waals surface area contributed by atoms with Crippen molar-refractivity contribution in [1.82, 2.24) is 24.6 Å². The highest BCUT2D eigenvalue weighted by molar-refractivity contribution is 5.93. The number of hydrogen-bond acceptors (Lipinski definition) is 5. The molecule has 1 atom stereocenters. The van der Waals surface area contributed by atoms with Crippen molar-refractivity contribution in [3.05, 3.63) is 35.9 Å². The molecule has 7 nitrogen and oxygen atoms in total. The number of carbonyl (C=O) groups is 1. The summed E-state index contributed by atoms with van der Waals surface area (Å²) in [5.74, 6) is 0.519. The molecule has 0 spiro atoms. The van der Waals surface area contributed by atoms with Crippen LogP contribution in [-0.4, -0.2) is 43.6 Å². The molecule has 1 saturated heterocycles. The summed E-state index contributed by atoms with van der Waals surface area (Å²) >= 11 is 0. The van der Waals surface area contributed by atoms with E-state index in [0.717, 1.165) is 25.1 Å². The van der Waals surface area contributed by atoms with E-state index in [2.05, 4.69) is 15.1 Å². The molecule has 3 rings (SSSR count). The number of carbonyl (C=O) groups excluding carboxylic acids is 1. The van der Waals surface area contributed by atoms with E-state index >= 15 is 0 Å². The monoisotopic (exact) mass is 314 g/mol. The fourth-order valence-corrected chi connectivity index (χ4v) is 2.93. The van der Waals surface area contributed by atoms with E-state index in [4.69, 9.17) is 5.73 Å². The van der Waals surface area contributed by atoms with Crippen LogP contribution in [-0.2, 0) is 0 Å². The zero-order valence-electron chi connectivity index (χ0n) is 13.5. The molecule has 0 aromatic carbocycles. The van der Waals surface area contributed by atoms with Crippen molar-refractivity contribution in [2.24, 2.45) is 0 Å². The van der Waals surface area contributed by atoms with E-state index in [1.807, 2.05) is 31.0 Å². The Kier molecular flexibility index (Phi) is 4.27. The van der Waals surface area contributed by atoms with Crippen LogP contribution in [0.3, 0.4) is 0 Å². The second-order valence-electron chi connectivity index (χ2n) is 6.23. The van der Waals surface area contributed by atoms with Crippen LogP contribution in [0.25, 0.3) is 0 Å². The van der Waals surface area contributed by atoms with E-state index in [9.17, 15) is 4.79 Å². The van der Waals surface area contributed by atoms with Gasteiger partial charge in [-0.2, -0.15) is 5.10 Å². The van der Waals surface area contributed by atoms with Crippen molar-refractivity contribution in [2.75, 3.05) is 18.8 Å². The number of anilines is 1. The summed E-state index contributed by atoms with van der Waals surface area (Å²) in [6.45, 7) is 5.50. The first-order valence-electron chi connectivity index (χ1n) is 7.96. The Balaban J connectivity index is 1.73. The first-order valence-corrected chi connectivity index (χ1v) is 7.96. The summed E-state index contributed by atoms with van der Waals surface area (Å²) < 4.78 is 1.81. The van der Waals surface area contributed by atoms with Crippen LogP contribution in [0.4, 0.5) is 5.95 Å². The van der Waals surface area contributed by atoms with E-state index in [-0.39, 0.29) is 23.8 Å². The van der Waals surface area contributed by atoms with E-state index in [0.29, 0.717) is 12.1 Å². The molecule has 2 N–H and O–H groups in total. The van der Waals surface area contributed by atoms with Crippen molar-refractivity contribution in [3.63, 3.8) is 0 Å². The van der Waals surface area contributed by atoms with Gasteiger partial charge in [-0.1, -0.05) is 0 Å². The molecule has 2 aromatic rings. The lowest BCUT2D eigenvalue weighted by Crippen LogP contribution is -2.39. The number of nitrogens with two attached hydrogens (primary N) is 1. The normalized spacial score (nSPS) is 18.4. The number of rotatable bonds is 3. The predicted octanol–water partition coefficient (Wildman–Crippen LogP) is 1.86. The molecular formula is C16H22N6O. The quantitative estimate of drug-likeness (QED) is 0.934. The minimum atomic E-state index is 0.0311. The van der Waals surface area contributed by atoms with Gasteiger partial charge in [-0.25, -0.2) is 9.97 Å². The van der Waals surface area contributed by atoms with Gasteiger partial charge >= 0.3 is 0 Å². The molecule has 1 aliphatic heterocycles. The smallest absolute Gasteiger partial charge is 0.257 e. The van der Waals surface area contributed by atoms with Gasteiger partial charge in [0.1, 0.15) is 0 Å². The van der Waals surface area contributed by atoms with Crippen LogP contribution in [0, 0.1) is 0 Å². The molecule has 1 amide bonds. The van der Waals surface area contributed by atoms with Gasteiger partial charge in [0.2, 0.25) is 5.95 Å². The summed E-state index contributed by atoms with van der Waals surface area (Å²) in [5, 5.41) is 4.25. The highest BCUT2D eigenvalue weighted by Gasteiger charge is 2.27. The zero-order chi connectivity index (χ0) is 16.4. The highest BCUT2D eigenvalue weighted by Crippen LogP contribution is 2.26. The Morgan fingerprint density at radius 3 is 2.96 bits per heavy atom. The standard InChI is InChI=1S/C16H22N6O/c1-11(2)22-10-13(8-19-22)15(23)21-7-3-4-12(9-21)14-5-6-18-16(17)20-14/h5-6,8,10-12H,3-4,7,9H2,1-2H3,(H2,17,18,20). The number of hydrogen-bond donors (Lipinski definition) is 1. The largest absolute Gasteiger partial charge is 0.368 e. The number of amides is 1. The van der Waals surface area contributed by atoms with Gasteiger partial charge < -0.3 is 10.6 Å². The molecule has 1 unspecified atom stereocenters. The molecule has 0 radical (unpaired) electrons. The van der Waals surface area contributed by atoms with Crippen molar-refractivity contribution >= 4 is 11.9 Å². The summed E-state index contributed by atoms with van der Waals surface area (Å²) in [6, 6.07) is 2.13. The van der Waals surface area contributed by atoms with Crippen LogP contribution in [0.5, 0.6) is 0 Å². The van der Waals surface area contributed by atoms with Gasteiger partial charge in [0, 0.05) is 37.4 Å². The van der Waals surface area contributed by atoms with Gasteiger partial charge in [0.15, 0.2) is 0 Å². The van der Waals surface area contributed by atoms with Crippen LogP contribution in [0.2, 0.25) is 0 Å². The Labute approximate surface area is 135 Å². The molecule has 0 saturated carbocycles. The van der Waals surface area contributed by atoms with Gasteiger partial charge in [0.25, 0.3) is 5.91 Å². The Morgan fingerprint density at radius 1 is 1.43 bits per heavy atom. The number of nitrogen functional groups attached to an aromatic ring is 1. The van der Waals surface area contributed by atoms with E-state index in [1.54, 1.807) is 17.1 Å². The van der Waals surface area contributed by atoms with E-state index in [1.165, 1.54) is 0 Å². The molecule has 3 heterocycles. The topological polar surface area (TPSA) is 89.9 Å². The van der Waals surface area contributed by atoms with Crippen LogP contribution in [0.15, 0.2) is 24.7 Å². The van der Waals surface area contributed by atoms with E-state index < -0.39 is 0 Å². The number of nitrogens with zero attached hydrogens (tertiary/aromatic N) is 5. The highest BCUT2D eigenvalue weighted by atomic mass is 16.2. The molecule has 0 aliphatic carbocycles. The number of aromatic nitrogens is 4. The molecule has 122 valence electrons. The third-order valence-corrected chi connectivity index (χ3v) is 4.20. The minimum absolute atomic E-state index is 0.0311. The first-order chi connectivity index (χ1) is 11.0. The second kappa shape index (κ2) is 6.36. The first kappa shape index (κ1) is 15.5. The predicted molar refractivity (Wildman–Crippen MR) is 86.9 cm³/mol. The number of likely N-dealkylation sites (tertiary alicyclic amines) is 1. The molecule has 7 heteroatoms. The fourth-order valence-electron chi connectivity index (χ4n) is 2.93. The zero-order valence-corrected chi connectivity index (χ0v) is 13.5. The molecule has 23 heavy (non-hydrogen) atoms. The maximum absolute atomic E-state index is 12.7. The summed E-state index contributed by atoms with van der Waals surface area (Å²) in [4.78, 5) is 22.8. The maximum atomic E-state index is 12.7. The lowest BCUT2D eigenvalue weighted by Gasteiger charge is -2.32. The molecule has 1 fully saturated rings. The third kappa shape index (κ3) is 3.33. The lowest BCUT2D eigenvalue weighted by atomic mass is 9.94. The lowest BCUT2D eigenvalue weighted by molar-refractivity contribution is 0.0706. The summed E-state index contributed by atoms with van der Waals surface area (Å²) in [5.41, 5.74) is 7.22. The molecule has 2 aromatic heterocycles. The maximum Gasteiger partial charge on any atom is 0.257 e. The van der Waals surface area contributed by atoms with Gasteiger partial charge in [-0.15, -0.1) is 0 Å². The van der Waals surface area contributed by atoms with Gasteiger partial charge in [-0.05, 0) is 32.8 Å². The van der Waals surface area contributed by atoms with Gasteiger partial charge in [-0.3, -0.25) is 9.48 Å². The van der Waals surface area contributed by atoms with Crippen molar-refractivity contribution in [1.29, 1.82) is 0 Å². The molecule has 1 aliphatic rings. The van der Waals surface area contributed by atoms with Crippen molar-refractivity contribution < 1.29 is 4.79 Å². The summed E-state index contributed by atoms with van der Waals surface area (Å²) in [7, 11) is 0. The summed E-state index contributed by atoms with van der Waals surface area (Å²) in [6.07, 6.45) is 7.10. The molecule has 0 bridgehead atoms. The van der Waals surface area contributed by atoms with Crippen molar-refractivity contribution in [2.45, 2.75) is 38.6 Å². The Hall–Kier alpha value is -2.44. The SMILES string of the molecule is CC(C)n1cc(C(=O)N2CCCC(c3ccnc(N)n3)C2)cn1. The average molecular weight is 314 g/mol. The minimum Gasteiger partial charge on any atom is -0.368 e. The Bertz CT molecular complexity index is 695. The average Bonchev–Trinajstić information content (AvgIpc) is 3.04. The third-order valence-electron chi connectivity index (χ3n) is 4.20. The fraction of sp³-hybridized carbons (Fsp3) is 0.500. The second-order valence-corrected chi connectivity index (χ2v) is 6.23. The van der Waals surface area contributed by atoms with Gasteiger partial charge in [0.05, 0.1) is 17.5 Å².